The largest absolute Gasteiger partial charge is 0.492 e. The summed E-state index contributed by atoms with van der Waals surface area (Å²) in [6, 6.07) is 10.9. The summed E-state index contributed by atoms with van der Waals surface area (Å²) in [5, 5.41) is 26.8. The molecule has 42 heavy (non-hydrogen) atoms. The minimum Gasteiger partial charge on any atom is -0.492 e. The fourth-order valence-electron chi connectivity index (χ4n) is 4.79. The van der Waals surface area contributed by atoms with Crippen LogP contribution in [0.4, 0.5) is 17.1 Å². The summed E-state index contributed by atoms with van der Waals surface area (Å²) in [7, 11) is 3.94. The highest BCUT2D eigenvalue weighted by Crippen LogP contribution is 2.38. The minimum absolute atomic E-state index is 0.0734. The molecular weight excluding hydrogens is 556 g/mol. The number of hydrogen-bond acceptors (Lipinski definition) is 9. The van der Waals surface area contributed by atoms with E-state index >= 15 is 0 Å². The van der Waals surface area contributed by atoms with Crippen LogP contribution in [0.3, 0.4) is 0 Å². The molecule has 0 saturated carbocycles. The van der Waals surface area contributed by atoms with Crippen LogP contribution in [0.2, 0.25) is 5.02 Å². The number of anilines is 3. The number of aliphatic hydroxyl groups is 1. The number of amides is 1. The van der Waals surface area contributed by atoms with Crippen molar-refractivity contribution in [3.8, 4) is 17.6 Å². The van der Waals surface area contributed by atoms with E-state index in [4.69, 9.17) is 21.1 Å². The standard InChI is InChI=1S/C31H37ClN6O4/c1-4-41-29-15-26-23(14-27(29)36-30(40)8-6-12-38(2)3)31(21(16-33)17-35-26)37-25-10-9-22(13-24(25)32)42-19-28-20(18-39)7-5-11-34-28/h9-11,13-15,17,20,28,39H,4-8,12,18-19H2,1-3H3,(H,35,37)(H,36,40). The molecule has 0 saturated heterocycles. The van der Waals surface area contributed by atoms with Gasteiger partial charge in [-0.15, -0.1) is 0 Å². The fraction of sp³-hybridized carbons (Fsp3) is 0.419. The van der Waals surface area contributed by atoms with Crippen molar-refractivity contribution in [1.82, 2.24) is 9.88 Å². The Morgan fingerprint density at radius 2 is 2.07 bits per heavy atom. The summed E-state index contributed by atoms with van der Waals surface area (Å²) in [4.78, 5) is 23.7. The number of aliphatic imine (C=N–C) groups is 1. The lowest BCUT2D eigenvalue weighted by Gasteiger charge is -2.25. The number of nitrogens with zero attached hydrogens (tertiary/aromatic N) is 4. The van der Waals surface area contributed by atoms with Crippen LogP contribution in [0.15, 0.2) is 41.5 Å². The zero-order valence-electron chi connectivity index (χ0n) is 24.2. The monoisotopic (exact) mass is 592 g/mol. The second kappa shape index (κ2) is 14.8. The van der Waals surface area contributed by atoms with Gasteiger partial charge in [-0.05, 0) is 71.2 Å². The van der Waals surface area contributed by atoms with Gasteiger partial charge in [0.2, 0.25) is 5.91 Å². The highest BCUT2D eigenvalue weighted by atomic mass is 35.5. The second-order valence-electron chi connectivity index (χ2n) is 10.4. The Labute approximate surface area is 251 Å². The van der Waals surface area contributed by atoms with Gasteiger partial charge in [0.15, 0.2) is 0 Å². The number of pyridine rings is 1. The Balaban J connectivity index is 1.59. The van der Waals surface area contributed by atoms with Gasteiger partial charge < -0.3 is 30.1 Å². The van der Waals surface area contributed by atoms with Gasteiger partial charge in [0.25, 0.3) is 0 Å². The first-order chi connectivity index (χ1) is 20.3. The van der Waals surface area contributed by atoms with E-state index < -0.39 is 0 Å². The van der Waals surface area contributed by atoms with E-state index in [0.717, 1.165) is 25.8 Å². The average Bonchev–Trinajstić information content (AvgIpc) is 2.97. The molecule has 0 fully saturated rings. The lowest BCUT2D eigenvalue weighted by molar-refractivity contribution is -0.116. The second-order valence-corrected chi connectivity index (χ2v) is 10.8. The molecule has 3 aromatic rings. The minimum atomic E-state index is -0.126. The van der Waals surface area contributed by atoms with Crippen LogP contribution in [0, 0.1) is 17.2 Å². The van der Waals surface area contributed by atoms with Gasteiger partial charge in [0, 0.05) is 42.7 Å². The summed E-state index contributed by atoms with van der Waals surface area (Å²) in [6.07, 6.45) is 6.20. The number of carbonyl (C=O) groups is 1. The van der Waals surface area contributed by atoms with Gasteiger partial charge in [-0.1, -0.05) is 11.6 Å². The molecule has 11 heteroatoms. The molecule has 0 radical (unpaired) electrons. The van der Waals surface area contributed by atoms with Crippen molar-refractivity contribution in [3.63, 3.8) is 0 Å². The molecule has 1 aliphatic heterocycles. The van der Waals surface area contributed by atoms with Crippen molar-refractivity contribution in [2.24, 2.45) is 10.9 Å². The van der Waals surface area contributed by atoms with Gasteiger partial charge in [0.05, 0.1) is 45.8 Å². The van der Waals surface area contributed by atoms with E-state index in [1.807, 2.05) is 32.1 Å². The van der Waals surface area contributed by atoms with Crippen molar-refractivity contribution in [1.29, 1.82) is 5.26 Å². The topological polar surface area (TPSA) is 132 Å². The molecule has 0 bridgehead atoms. The summed E-state index contributed by atoms with van der Waals surface area (Å²) in [6.45, 7) is 3.49. The molecule has 222 valence electrons. The molecule has 2 aromatic carbocycles. The third-order valence-corrected chi connectivity index (χ3v) is 7.35. The molecule has 2 atom stereocenters. The van der Waals surface area contributed by atoms with Crippen molar-refractivity contribution in [2.75, 3.05) is 51.1 Å². The van der Waals surface area contributed by atoms with Gasteiger partial charge in [-0.2, -0.15) is 5.26 Å². The van der Waals surface area contributed by atoms with E-state index in [1.54, 1.807) is 30.3 Å². The predicted molar refractivity (Wildman–Crippen MR) is 166 cm³/mol. The summed E-state index contributed by atoms with van der Waals surface area (Å²) in [5.41, 5.74) is 2.48. The molecule has 3 N–H and O–H groups in total. The molecular formula is C31H37ClN6O4. The number of hydrogen-bond donors (Lipinski definition) is 3. The molecule has 1 aromatic heterocycles. The molecule has 2 unspecified atom stereocenters. The number of aliphatic hydroxyl groups excluding tert-OH is 1. The van der Waals surface area contributed by atoms with Crippen molar-refractivity contribution in [3.05, 3.63) is 47.1 Å². The first-order valence-electron chi connectivity index (χ1n) is 14.1. The molecule has 2 heterocycles. The van der Waals surface area contributed by atoms with E-state index in [2.05, 4.69) is 26.7 Å². The Kier molecular flexibility index (Phi) is 11.0. The number of benzene rings is 2. The molecule has 0 spiro atoms. The van der Waals surface area contributed by atoms with Crippen molar-refractivity contribution < 1.29 is 19.4 Å². The Hall–Kier alpha value is -3.91. The Morgan fingerprint density at radius 3 is 2.79 bits per heavy atom. The van der Waals surface area contributed by atoms with E-state index in [-0.39, 0.29) is 24.5 Å². The van der Waals surface area contributed by atoms with E-state index in [9.17, 15) is 15.2 Å². The number of nitriles is 1. The van der Waals surface area contributed by atoms with Crippen molar-refractivity contribution >= 4 is 51.7 Å². The number of nitrogens with one attached hydrogen (secondary N) is 2. The number of ether oxygens (including phenoxy) is 2. The van der Waals surface area contributed by atoms with Crippen LogP contribution in [0.5, 0.6) is 11.5 Å². The molecule has 10 nitrogen and oxygen atoms in total. The van der Waals surface area contributed by atoms with Gasteiger partial charge in [-0.3, -0.25) is 14.8 Å². The third-order valence-electron chi connectivity index (χ3n) is 7.04. The normalized spacial score (nSPS) is 16.3. The summed E-state index contributed by atoms with van der Waals surface area (Å²) in [5.74, 6) is 1.02. The number of rotatable bonds is 13. The first-order valence-corrected chi connectivity index (χ1v) is 14.5. The molecule has 4 rings (SSSR count). The number of carbonyl (C=O) groups excluding carboxylic acids is 1. The fourth-order valence-corrected chi connectivity index (χ4v) is 5.01. The summed E-state index contributed by atoms with van der Waals surface area (Å²) < 4.78 is 11.8. The molecule has 0 aliphatic carbocycles. The molecule has 1 aliphatic rings. The van der Waals surface area contributed by atoms with Crippen LogP contribution in [-0.4, -0.2) is 73.6 Å². The lowest BCUT2D eigenvalue weighted by atomic mass is 9.94. The third kappa shape index (κ3) is 7.88. The van der Waals surface area contributed by atoms with E-state index in [1.165, 1.54) is 6.20 Å². The highest BCUT2D eigenvalue weighted by molar-refractivity contribution is 6.33. The zero-order chi connectivity index (χ0) is 30.1. The first kappa shape index (κ1) is 31.0. The number of fused-ring (bicyclic) bond motifs is 1. The maximum Gasteiger partial charge on any atom is 0.224 e. The van der Waals surface area contributed by atoms with Crippen molar-refractivity contribution in [2.45, 2.75) is 38.6 Å². The number of aromatic nitrogens is 1. The maximum atomic E-state index is 12.7. The van der Waals surface area contributed by atoms with Gasteiger partial charge in [0.1, 0.15) is 24.2 Å². The SMILES string of the molecule is CCOc1cc2ncc(C#N)c(Nc3ccc(OCC4N=CCCC4CO)cc3Cl)c2cc1NC(=O)CCCN(C)C. The molecule has 1 amide bonds. The number of halogens is 1. The summed E-state index contributed by atoms with van der Waals surface area (Å²) >= 11 is 6.65. The van der Waals surface area contributed by atoms with Crippen LogP contribution < -0.4 is 20.1 Å². The maximum absolute atomic E-state index is 12.7. The highest BCUT2D eigenvalue weighted by Gasteiger charge is 2.23. The quantitative estimate of drug-likeness (QED) is 0.240. The smallest absolute Gasteiger partial charge is 0.224 e. The van der Waals surface area contributed by atoms with Crippen LogP contribution in [0.25, 0.3) is 10.9 Å². The Bertz CT molecular complexity index is 1470. The predicted octanol–water partition coefficient (Wildman–Crippen LogP) is 5.40. The zero-order valence-corrected chi connectivity index (χ0v) is 24.9. The van der Waals surface area contributed by atoms with Crippen LogP contribution in [-0.2, 0) is 4.79 Å². The van der Waals surface area contributed by atoms with Crippen LogP contribution in [0.1, 0.15) is 38.2 Å². The Morgan fingerprint density at radius 1 is 1.24 bits per heavy atom. The van der Waals surface area contributed by atoms with Gasteiger partial charge >= 0.3 is 0 Å². The van der Waals surface area contributed by atoms with Gasteiger partial charge in [-0.25, -0.2) is 0 Å². The average molecular weight is 593 g/mol. The lowest BCUT2D eigenvalue weighted by Crippen LogP contribution is -2.31. The van der Waals surface area contributed by atoms with Crippen LogP contribution >= 0.6 is 11.6 Å². The van der Waals surface area contributed by atoms with E-state index in [0.29, 0.717) is 69.7 Å².